The van der Waals surface area contributed by atoms with E-state index in [4.69, 9.17) is 0 Å². The van der Waals surface area contributed by atoms with Gasteiger partial charge in [-0.1, -0.05) is 155 Å². The van der Waals surface area contributed by atoms with Crippen molar-refractivity contribution in [3.8, 4) is 44.5 Å². The van der Waals surface area contributed by atoms with Gasteiger partial charge in [-0.3, -0.25) is 0 Å². The third-order valence-corrected chi connectivity index (χ3v) is 16.5. The lowest BCUT2D eigenvalue weighted by atomic mass is 9.43. The van der Waals surface area contributed by atoms with Gasteiger partial charge in [0.25, 0.3) is 0 Å². The average molecular weight is 792 g/mol. The maximum atomic E-state index is 2.64. The number of fused-ring (bicyclic) bond motifs is 4. The lowest BCUT2D eigenvalue weighted by molar-refractivity contribution is -0.0399. The minimum Gasteiger partial charge on any atom is -0.310 e. The molecule has 7 aromatic rings. The Kier molecular flexibility index (Phi) is 8.32. The van der Waals surface area contributed by atoms with Gasteiger partial charge in [-0.2, -0.15) is 0 Å². The molecule has 4 fully saturated rings. The molecule has 6 aliphatic rings. The van der Waals surface area contributed by atoms with Crippen molar-refractivity contribution in [3.63, 3.8) is 0 Å². The monoisotopic (exact) mass is 791 g/mol. The van der Waals surface area contributed by atoms with Crippen LogP contribution >= 0.6 is 0 Å². The van der Waals surface area contributed by atoms with E-state index in [0.29, 0.717) is 0 Å². The van der Waals surface area contributed by atoms with Crippen LogP contribution in [0.1, 0.15) is 94.9 Å². The summed E-state index contributed by atoms with van der Waals surface area (Å²) in [4.78, 5) is 2.55. The Morgan fingerprint density at radius 2 is 0.869 bits per heavy atom. The largest absolute Gasteiger partial charge is 0.310 e. The standard InChI is InChI=1S/C60H57N/c1-58(2)29-30-59(3,4)57-37-46(23-28-55(57)58)45-13-10-14-50(36-45)61(49-24-21-44(22-25-49)43-19-17-42(18-20-43)41-11-6-5-7-12-41)51-26-27-53-52-15-8-9-16-54(52)60(56(53)38-51)47-32-39-31-40(34-47)35-48(60)33-39/h5-28,36-40,47-48H,29-35H2,1-4H3. The molecule has 61 heavy (non-hydrogen) atoms. The average Bonchev–Trinajstić information content (AvgIpc) is 3.58. The molecule has 0 aliphatic heterocycles. The number of benzene rings is 7. The van der Waals surface area contributed by atoms with Gasteiger partial charge < -0.3 is 4.90 Å². The maximum absolute atomic E-state index is 2.64. The van der Waals surface area contributed by atoms with Gasteiger partial charge in [0.1, 0.15) is 0 Å². The molecule has 6 aliphatic carbocycles. The van der Waals surface area contributed by atoms with Crippen LogP contribution in [0.3, 0.4) is 0 Å². The van der Waals surface area contributed by atoms with Crippen molar-refractivity contribution in [3.05, 3.63) is 186 Å². The Labute approximate surface area is 363 Å². The van der Waals surface area contributed by atoms with E-state index >= 15 is 0 Å². The molecule has 0 aromatic heterocycles. The van der Waals surface area contributed by atoms with Crippen LogP contribution in [0.15, 0.2) is 164 Å². The maximum Gasteiger partial charge on any atom is 0.0467 e. The fourth-order valence-corrected chi connectivity index (χ4v) is 13.6. The van der Waals surface area contributed by atoms with Crippen molar-refractivity contribution in [2.24, 2.45) is 23.7 Å². The predicted octanol–water partition coefficient (Wildman–Crippen LogP) is 16.2. The van der Waals surface area contributed by atoms with E-state index in [1.54, 1.807) is 11.1 Å². The summed E-state index contributed by atoms with van der Waals surface area (Å²) in [6.07, 6.45) is 9.46. The zero-order valence-corrected chi connectivity index (χ0v) is 36.3. The number of rotatable bonds is 6. The summed E-state index contributed by atoms with van der Waals surface area (Å²) in [6.45, 7) is 9.72. The van der Waals surface area contributed by atoms with E-state index in [0.717, 1.165) is 23.7 Å². The highest BCUT2D eigenvalue weighted by Gasteiger charge is 2.61. The van der Waals surface area contributed by atoms with Crippen LogP contribution in [-0.2, 0) is 16.2 Å². The first-order valence-corrected chi connectivity index (χ1v) is 23.2. The van der Waals surface area contributed by atoms with Crippen LogP contribution in [0.5, 0.6) is 0 Å². The molecule has 0 unspecified atom stereocenters. The highest BCUT2D eigenvalue weighted by Crippen LogP contribution is 2.69. The van der Waals surface area contributed by atoms with Gasteiger partial charge in [-0.05, 0) is 183 Å². The minimum atomic E-state index is 0.113. The summed E-state index contributed by atoms with van der Waals surface area (Å²) < 4.78 is 0. The van der Waals surface area contributed by atoms with Gasteiger partial charge in [0, 0.05) is 22.5 Å². The van der Waals surface area contributed by atoms with Gasteiger partial charge in [-0.15, -0.1) is 0 Å². The molecule has 1 heteroatoms. The lowest BCUT2D eigenvalue weighted by Crippen LogP contribution is -2.55. The van der Waals surface area contributed by atoms with Crippen LogP contribution in [-0.4, -0.2) is 0 Å². The molecule has 1 spiro atoms. The molecular formula is C60H57N. The highest BCUT2D eigenvalue weighted by molar-refractivity contribution is 5.88. The molecule has 7 aromatic carbocycles. The molecule has 4 bridgehead atoms. The van der Waals surface area contributed by atoms with E-state index in [1.165, 1.54) is 118 Å². The molecule has 0 radical (unpaired) electrons. The zero-order valence-electron chi connectivity index (χ0n) is 36.3. The minimum absolute atomic E-state index is 0.113. The summed E-state index contributed by atoms with van der Waals surface area (Å²) in [5.74, 6) is 3.29. The van der Waals surface area contributed by atoms with E-state index in [9.17, 15) is 0 Å². The molecule has 0 atom stereocenters. The third-order valence-electron chi connectivity index (χ3n) is 16.5. The SMILES string of the molecule is CC1(C)CCC(C)(C)c2cc(-c3cccc(N(c4ccc(-c5ccc(-c6ccccc6)cc5)cc4)c4ccc5c(c4)C4(c6ccccc6-5)C5CC6CC(C5)CC4C6)c3)ccc21. The fourth-order valence-electron chi connectivity index (χ4n) is 13.6. The number of hydrogen-bond acceptors (Lipinski definition) is 1. The molecule has 1 nitrogen and oxygen atoms in total. The topological polar surface area (TPSA) is 3.24 Å². The Hall–Kier alpha value is -5.66. The van der Waals surface area contributed by atoms with Gasteiger partial charge >= 0.3 is 0 Å². The molecule has 302 valence electrons. The van der Waals surface area contributed by atoms with E-state index in [1.807, 2.05) is 0 Å². The Balaban J connectivity index is 0.985. The number of anilines is 3. The van der Waals surface area contributed by atoms with Crippen molar-refractivity contribution in [2.75, 3.05) is 4.90 Å². The number of nitrogens with zero attached hydrogens (tertiary/aromatic N) is 1. The van der Waals surface area contributed by atoms with Crippen molar-refractivity contribution < 1.29 is 0 Å². The van der Waals surface area contributed by atoms with Gasteiger partial charge in [0.2, 0.25) is 0 Å². The molecule has 0 amide bonds. The first-order chi connectivity index (χ1) is 29.7. The second kappa shape index (κ2) is 13.7. The second-order valence-electron chi connectivity index (χ2n) is 20.9. The highest BCUT2D eigenvalue weighted by atomic mass is 15.1. The Morgan fingerprint density at radius 1 is 0.361 bits per heavy atom. The lowest BCUT2D eigenvalue weighted by Gasteiger charge is -2.61. The zero-order chi connectivity index (χ0) is 41.1. The molecule has 0 heterocycles. The van der Waals surface area contributed by atoms with E-state index < -0.39 is 0 Å². The second-order valence-corrected chi connectivity index (χ2v) is 20.9. The Morgan fingerprint density at radius 3 is 1.56 bits per heavy atom. The van der Waals surface area contributed by atoms with Crippen molar-refractivity contribution in [1.82, 2.24) is 0 Å². The van der Waals surface area contributed by atoms with Crippen molar-refractivity contribution in [2.45, 2.75) is 88.9 Å². The van der Waals surface area contributed by atoms with Crippen LogP contribution in [0.2, 0.25) is 0 Å². The van der Waals surface area contributed by atoms with Crippen LogP contribution in [0, 0.1) is 23.7 Å². The summed E-state index contributed by atoms with van der Waals surface area (Å²) >= 11 is 0. The molecular weight excluding hydrogens is 735 g/mol. The summed E-state index contributed by atoms with van der Waals surface area (Å²) in [5.41, 5.74) is 20.8. The first kappa shape index (κ1) is 37.1. The normalized spacial score (nSPS) is 24.6. The van der Waals surface area contributed by atoms with Gasteiger partial charge in [0.15, 0.2) is 0 Å². The fraction of sp³-hybridized carbons (Fsp3) is 0.300. The molecule has 0 N–H and O–H groups in total. The van der Waals surface area contributed by atoms with E-state index in [2.05, 4.69) is 196 Å². The van der Waals surface area contributed by atoms with Crippen LogP contribution in [0.4, 0.5) is 17.1 Å². The van der Waals surface area contributed by atoms with Gasteiger partial charge in [-0.25, -0.2) is 0 Å². The van der Waals surface area contributed by atoms with Crippen molar-refractivity contribution in [1.29, 1.82) is 0 Å². The summed E-state index contributed by atoms with van der Waals surface area (Å²) in [7, 11) is 0. The van der Waals surface area contributed by atoms with Crippen LogP contribution < -0.4 is 4.90 Å². The predicted molar refractivity (Wildman–Crippen MR) is 256 cm³/mol. The first-order valence-electron chi connectivity index (χ1n) is 23.2. The molecule has 4 saturated carbocycles. The quantitative estimate of drug-likeness (QED) is 0.162. The molecule has 13 rings (SSSR count). The molecule has 0 saturated heterocycles. The summed E-state index contributed by atoms with van der Waals surface area (Å²) in [6, 6.07) is 62.8. The van der Waals surface area contributed by atoms with E-state index in [-0.39, 0.29) is 16.2 Å². The third kappa shape index (κ3) is 5.79. The summed E-state index contributed by atoms with van der Waals surface area (Å²) in [5, 5.41) is 0. The van der Waals surface area contributed by atoms with Gasteiger partial charge in [0.05, 0.1) is 0 Å². The van der Waals surface area contributed by atoms with Crippen LogP contribution in [0.25, 0.3) is 44.5 Å². The van der Waals surface area contributed by atoms with Crippen molar-refractivity contribution >= 4 is 17.1 Å². The number of hydrogen-bond donors (Lipinski definition) is 0. The smallest absolute Gasteiger partial charge is 0.0467 e. The Bertz CT molecular complexity index is 2780.